The molecule has 1 N–H and O–H groups in total. The van der Waals surface area contributed by atoms with Crippen LogP contribution in [0.5, 0.6) is 0 Å². The third-order valence-corrected chi connectivity index (χ3v) is 2.53. The van der Waals surface area contributed by atoms with Crippen LogP contribution >= 0.6 is 12.2 Å². The third-order valence-electron chi connectivity index (χ3n) is 2.16. The predicted molar refractivity (Wildman–Crippen MR) is 48.0 cm³/mol. The minimum absolute atomic E-state index is 0.0188. The zero-order chi connectivity index (χ0) is 8.27. The second-order valence-corrected chi connectivity index (χ2v) is 3.45. The van der Waals surface area contributed by atoms with E-state index in [0.717, 1.165) is 19.4 Å². The average Bonchev–Trinajstić information content (AvgIpc) is 2.05. The van der Waals surface area contributed by atoms with Crippen molar-refractivity contribution in [3.05, 3.63) is 0 Å². The van der Waals surface area contributed by atoms with E-state index in [1.54, 1.807) is 0 Å². The van der Waals surface area contributed by atoms with Gasteiger partial charge < -0.3 is 9.84 Å². The summed E-state index contributed by atoms with van der Waals surface area (Å²) in [4.78, 5) is 0. The van der Waals surface area contributed by atoms with Crippen LogP contribution in [0.1, 0.15) is 26.2 Å². The molecule has 11 heavy (non-hydrogen) atoms. The molecule has 2 unspecified atom stereocenters. The maximum atomic E-state index is 9.02. The van der Waals surface area contributed by atoms with E-state index >= 15 is 0 Å². The lowest BCUT2D eigenvalue weighted by molar-refractivity contribution is -0.00290. The highest BCUT2D eigenvalue weighted by atomic mass is 32.1. The first-order valence-corrected chi connectivity index (χ1v) is 4.47. The van der Waals surface area contributed by atoms with E-state index in [0.29, 0.717) is 0 Å². The molecule has 1 heterocycles. The van der Waals surface area contributed by atoms with Crippen molar-refractivity contribution in [3.63, 3.8) is 0 Å². The van der Waals surface area contributed by atoms with Gasteiger partial charge in [0.15, 0.2) is 5.05 Å². The topological polar surface area (TPSA) is 29.5 Å². The molecule has 0 aromatic rings. The third kappa shape index (κ3) is 2.42. The Hall–Kier alpha value is -0.150. The molecule has 0 saturated carbocycles. The molecule has 1 aliphatic rings. The van der Waals surface area contributed by atoms with Crippen molar-refractivity contribution in [2.75, 3.05) is 6.61 Å². The molecule has 0 aromatic heterocycles. The van der Waals surface area contributed by atoms with Crippen molar-refractivity contribution in [1.29, 1.82) is 0 Å². The summed E-state index contributed by atoms with van der Waals surface area (Å²) < 4.78 is 5.45. The van der Waals surface area contributed by atoms with Crippen molar-refractivity contribution in [1.82, 2.24) is 0 Å². The van der Waals surface area contributed by atoms with Crippen LogP contribution in [0.25, 0.3) is 0 Å². The number of hydrogen-bond donors (Lipinski definition) is 1. The molecule has 0 aliphatic carbocycles. The molecule has 1 rings (SSSR count). The highest BCUT2D eigenvalue weighted by Gasteiger charge is 2.23. The van der Waals surface area contributed by atoms with Gasteiger partial charge in [0.05, 0.1) is 12.0 Å². The molecule has 0 amide bonds. The van der Waals surface area contributed by atoms with Gasteiger partial charge in [-0.2, -0.15) is 0 Å². The predicted octanol–water partition coefficient (Wildman–Crippen LogP) is 2.08. The lowest BCUT2D eigenvalue weighted by Gasteiger charge is -2.26. The maximum absolute atomic E-state index is 9.02. The van der Waals surface area contributed by atoms with E-state index in [9.17, 15) is 0 Å². The normalized spacial score (nSPS) is 27.9. The molecule has 3 heteroatoms. The summed E-state index contributed by atoms with van der Waals surface area (Å²) >= 11 is 4.67. The zero-order valence-corrected chi connectivity index (χ0v) is 7.56. The summed E-state index contributed by atoms with van der Waals surface area (Å²) in [6.45, 7) is 2.73. The first kappa shape index (κ1) is 8.94. The molecule has 0 radical (unpaired) electrons. The molecule has 64 valence electrons. The van der Waals surface area contributed by atoms with Gasteiger partial charge in [-0.1, -0.05) is 6.92 Å². The highest BCUT2D eigenvalue weighted by molar-refractivity contribution is 7.80. The van der Waals surface area contributed by atoms with Crippen LogP contribution in [0, 0.1) is 5.92 Å². The Morgan fingerprint density at radius 3 is 2.82 bits per heavy atom. The Kier molecular flexibility index (Phi) is 3.27. The van der Waals surface area contributed by atoms with E-state index in [1.165, 1.54) is 6.42 Å². The van der Waals surface area contributed by atoms with Crippen molar-refractivity contribution in [2.45, 2.75) is 32.3 Å². The highest BCUT2D eigenvalue weighted by Crippen LogP contribution is 2.20. The van der Waals surface area contributed by atoms with Crippen LogP contribution in [0.3, 0.4) is 0 Å². The van der Waals surface area contributed by atoms with Crippen molar-refractivity contribution in [3.8, 4) is 0 Å². The monoisotopic (exact) mass is 174 g/mol. The summed E-state index contributed by atoms with van der Waals surface area (Å²) in [6.07, 6.45) is 3.52. The van der Waals surface area contributed by atoms with Crippen LogP contribution < -0.4 is 0 Å². The van der Waals surface area contributed by atoms with Crippen LogP contribution in [0.4, 0.5) is 0 Å². The van der Waals surface area contributed by atoms with Crippen LogP contribution in [-0.2, 0) is 4.74 Å². The van der Waals surface area contributed by atoms with Gasteiger partial charge in [-0.15, -0.1) is 0 Å². The number of ether oxygens (including phenoxy) is 1. The second kappa shape index (κ2) is 4.02. The fourth-order valence-electron chi connectivity index (χ4n) is 1.32. The Labute approximate surface area is 72.6 Å². The Morgan fingerprint density at radius 1 is 1.64 bits per heavy atom. The molecule has 1 fully saturated rings. The largest absolute Gasteiger partial charge is 0.502 e. The molecule has 1 aliphatic heterocycles. The summed E-state index contributed by atoms with van der Waals surface area (Å²) in [5.41, 5.74) is 0. The number of hydrogen-bond acceptors (Lipinski definition) is 2. The van der Waals surface area contributed by atoms with Crippen molar-refractivity contribution < 1.29 is 9.84 Å². The second-order valence-electron chi connectivity index (χ2n) is 3.03. The molecular weight excluding hydrogens is 160 g/mol. The van der Waals surface area contributed by atoms with Crippen LogP contribution in [0.15, 0.2) is 0 Å². The molecule has 1 saturated heterocycles. The van der Waals surface area contributed by atoms with E-state index in [2.05, 4.69) is 12.2 Å². The standard InChI is InChI=1S/C8H14O2S/c1-6(8(9)11)7-4-2-3-5-10-7/h6-7H,2-5H2,1H3,(H,9,11). The maximum Gasteiger partial charge on any atom is 0.162 e. The van der Waals surface area contributed by atoms with Crippen LogP contribution in [-0.4, -0.2) is 22.9 Å². The van der Waals surface area contributed by atoms with Crippen molar-refractivity contribution >= 4 is 17.3 Å². The molecule has 0 aromatic carbocycles. The first-order valence-electron chi connectivity index (χ1n) is 4.06. The van der Waals surface area contributed by atoms with Gasteiger partial charge in [0.25, 0.3) is 0 Å². The van der Waals surface area contributed by atoms with E-state index in [1.807, 2.05) is 6.92 Å². The lowest BCUT2D eigenvalue weighted by Crippen LogP contribution is -2.30. The summed E-state index contributed by atoms with van der Waals surface area (Å²) in [5, 5.41) is 9.11. The van der Waals surface area contributed by atoms with E-state index < -0.39 is 0 Å². The average molecular weight is 174 g/mol. The van der Waals surface area contributed by atoms with Gasteiger partial charge in [0, 0.05) is 6.61 Å². The lowest BCUT2D eigenvalue weighted by atomic mass is 9.98. The first-order chi connectivity index (χ1) is 5.22. The summed E-state index contributed by atoms with van der Waals surface area (Å²) in [7, 11) is 0. The Balaban J connectivity index is 2.38. The summed E-state index contributed by atoms with van der Waals surface area (Å²) in [5.74, 6) is 0.0188. The minimum Gasteiger partial charge on any atom is -0.502 e. The molecule has 2 atom stereocenters. The van der Waals surface area contributed by atoms with Crippen molar-refractivity contribution in [2.24, 2.45) is 5.92 Å². The number of thiocarbonyl (C=S) groups is 1. The summed E-state index contributed by atoms with van der Waals surface area (Å²) in [6, 6.07) is 0. The fraction of sp³-hybridized carbons (Fsp3) is 0.875. The van der Waals surface area contributed by atoms with E-state index in [4.69, 9.17) is 9.84 Å². The molecule has 2 nitrogen and oxygen atoms in total. The van der Waals surface area contributed by atoms with Gasteiger partial charge in [-0.3, -0.25) is 0 Å². The van der Waals surface area contributed by atoms with Gasteiger partial charge >= 0.3 is 0 Å². The van der Waals surface area contributed by atoms with Gasteiger partial charge in [-0.05, 0) is 31.5 Å². The molecule has 0 bridgehead atoms. The Morgan fingerprint density at radius 2 is 2.36 bits per heavy atom. The van der Waals surface area contributed by atoms with Crippen LogP contribution in [0.2, 0.25) is 0 Å². The molecular formula is C8H14O2S. The van der Waals surface area contributed by atoms with Gasteiger partial charge in [0.1, 0.15) is 0 Å². The van der Waals surface area contributed by atoms with Gasteiger partial charge in [-0.25, -0.2) is 0 Å². The van der Waals surface area contributed by atoms with E-state index in [-0.39, 0.29) is 17.1 Å². The number of aliphatic hydroxyl groups excluding tert-OH is 1. The Bertz CT molecular complexity index is 141. The zero-order valence-electron chi connectivity index (χ0n) is 6.75. The number of aliphatic hydroxyl groups is 1. The number of rotatable bonds is 2. The smallest absolute Gasteiger partial charge is 0.162 e. The van der Waals surface area contributed by atoms with Gasteiger partial charge in [0.2, 0.25) is 0 Å². The SMILES string of the molecule is CC(C(O)=S)C1CCCCO1. The minimum atomic E-state index is 0.0188. The fourth-order valence-corrected chi connectivity index (χ4v) is 1.47. The quantitative estimate of drug-likeness (QED) is 0.650. The molecule has 0 spiro atoms.